The Kier molecular flexibility index (Phi) is 5.65. The summed E-state index contributed by atoms with van der Waals surface area (Å²) in [4.78, 5) is 2.74. The van der Waals surface area contributed by atoms with Gasteiger partial charge in [0.05, 0.1) is 0 Å². The molecule has 0 saturated carbocycles. The molecule has 0 bridgehead atoms. The van der Waals surface area contributed by atoms with Gasteiger partial charge in [0.25, 0.3) is 0 Å². The average Bonchev–Trinajstić information content (AvgIpc) is 2.45. The van der Waals surface area contributed by atoms with Crippen LogP contribution in [0.3, 0.4) is 0 Å². The van der Waals surface area contributed by atoms with Crippen LogP contribution in [0, 0.1) is 0 Å². The zero-order chi connectivity index (χ0) is 14.5. The van der Waals surface area contributed by atoms with Gasteiger partial charge in [-0.05, 0) is 67.8 Å². The van der Waals surface area contributed by atoms with Gasteiger partial charge in [0.2, 0.25) is 0 Å². The van der Waals surface area contributed by atoms with E-state index < -0.39 is 0 Å². The van der Waals surface area contributed by atoms with E-state index in [2.05, 4.69) is 50.8 Å². The van der Waals surface area contributed by atoms with E-state index in [9.17, 15) is 0 Å². The summed E-state index contributed by atoms with van der Waals surface area (Å²) in [6.45, 7) is 11.8. The molecule has 0 fully saturated rings. The fraction of sp³-hybridized carbons (Fsp3) is 0.684. The fourth-order valence-corrected chi connectivity index (χ4v) is 3.70. The number of fused-ring (bicyclic) bond motifs is 1. The van der Waals surface area contributed by atoms with Crippen LogP contribution in [-0.4, -0.2) is 24.0 Å². The maximum atomic E-state index is 2.74. The molecule has 1 aromatic rings. The van der Waals surface area contributed by atoms with E-state index in [1.807, 2.05) is 0 Å². The number of nitrogens with zero attached hydrogens (tertiary/aromatic N) is 1. The molecule has 1 unspecified atom stereocenters. The Morgan fingerprint density at radius 3 is 2.45 bits per heavy atom. The largest absolute Gasteiger partial charge is 0.300 e. The number of aryl methyl sites for hydroxylation is 1. The summed E-state index contributed by atoms with van der Waals surface area (Å²) in [7, 11) is 0. The molecule has 0 amide bonds. The minimum absolute atomic E-state index is 0.648. The van der Waals surface area contributed by atoms with Gasteiger partial charge in [-0.3, -0.25) is 0 Å². The third-order valence-electron chi connectivity index (χ3n) is 4.66. The van der Waals surface area contributed by atoms with Gasteiger partial charge in [-0.15, -0.1) is 0 Å². The van der Waals surface area contributed by atoms with E-state index in [4.69, 9.17) is 0 Å². The summed E-state index contributed by atoms with van der Waals surface area (Å²) in [5.74, 6) is 0.648. The van der Waals surface area contributed by atoms with Crippen LogP contribution in [0.25, 0.3) is 0 Å². The first kappa shape index (κ1) is 15.6. The second-order valence-electron chi connectivity index (χ2n) is 6.57. The van der Waals surface area contributed by atoms with E-state index >= 15 is 0 Å². The summed E-state index contributed by atoms with van der Waals surface area (Å²) >= 11 is 0. The molecule has 1 aromatic carbocycles. The van der Waals surface area contributed by atoms with Crippen LogP contribution in [0.2, 0.25) is 0 Å². The van der Waals surface area contributed by atoms with Gasteiger partial charge < -0.3 is 4.90 Å². The van der Waals surface area contributed by atoms with Gasteiger partial charge in [-0.2, -0.15) is 0 Å². The molecule has 0 aromatic heterocycles. The molecule has 0 aliphatic heterocycles. The lowest BCUT2D eigenvalue weighted by molar-refractivity contribution is 0.179. The molecule has 1 nitrogen and oxygen atoms in total. The molecule has 1 heteroatoms. The standard InChI is InChI=1S/C19H31N/c1-5-12-20(13-6-2)17-11-10-16-8-7-9-18(15(3)4)19(16)14-17/h7-9,15,17H,5-6,10-14H2,1-4H3. The van der Waals surface area contributed by atoms with Crippen molar-refractivity contribution in [3.63, 3.8) is 0 Å². The second kappa shape index (κ2) is 7.26. The average molecular weight is 273 g/mol. The van der Waals surface area contributed by atoms with Crippen molar-refractivity contribution in [3.05, 3.63) is 34.9 Å². The zero-order valence-electron chi connectivity index (χ0n) is 13.8. The lowest BCUT2D eigenvalue weighted by atomic mass is 9.82. The molecule has 112 valence electrons. The molecule has 0 heterocycles. The van der Waals surface area contributed by atoms with Gasteiger partial charge >= 0.3 is 0 Å². The number of benzene rings is 1. The van der Waals surface area contributed by atoms with Gasteiger partial charge in [0, 0.05) is 6.04 Å². The van der Waals surface area contributed by atoms with Crippen LogP contribution in [-0.2, 0) is 12.8 Å². The highest BCUT2D eigenvalue weighted by Crippen LogP contribution is 2.31. The van der Waals surface area contributed by atoms with Crippen molar-refractivity contribution < 1.29 is 0 Å². The van der Waals surface area contributed by atoms with Crippen LogP contribution < -0.4 is 0 Å². The molecule has 0 spiro atoms. The molecule has 1 aliphatic carbocycles. The number of hydrogen-bond acceptors (Lipinski definition) is 1. The first-order valence-electron chi connectivity index (χ1n) is 8.52. The monoisotopic (exact) mass is 273 g/mol. The molecule has 0 N–H and O–H groups in total. The van der Waals surface area contributed by atoms with Gasteiger partial charge in [0.15, 0.2) is 0 Å². The first-order valence-corrected chi connectivity index (χ1v) is 8.52. The first-order chi connectivity index (χ1) is 9.67. The lowest BCUT2D eigenvalue weighted by Crippen LogP contribution is -2.40. The smallest absolute Gasteiger partial charge is 0.0139 e. The quantitative estimate of drug-likeness (QED) is 0.720. The third-order valence-corrected chi connectivity index (χ3v) is 4.66. The zero-order valence-corrected chi connectivity index (χ0v) is 13.8. The van der Waals surface area contributed by atoms with Crippen LogP contribution in [0.4, 0.5) is 0 Å². The summed E-state index contributed by atoms with van der Waals surface area (Å²) < 4.78 is 0. The predicted octanol–water partition coefficient (Wildman–Crippen LogP) is 4.79. The van der Waals surface area contributed by atoms with E-state index in [1.54, 1.807) is 16.7 Å². The van der Waals surface area contributed by atoms with Crippen LogP contribution in [0.1, 0.15) is 69.6 Å². The Morgan fingerprint density at radius 1 is 1.15 bits per heavy atom. The Morgan fingerprint density at radius 2 is 1.85 bits per heavy atom. The molecule has 1 aliphatic rings. The highest BCUT2D eigenvalue weighted by atomic mass is 15.1. The van der Waals surface area contributed by atoms with Crippen molar-refractivity contribution in [2.75, 3.05) is 13.1 Å². The van der Waals surface area contributed by atoms with E-state index in [0.29, 0.717) is 5.92 Å². The van der Waals surface area contributed by atoms with Gasteiger partial charge in [-0.1, -0.05) is 45.9 Å². The van der Waals surface area contributed by atoms with E-state index in [0.717, 1.165) is 6.04 Å². The summed E-state index contributed by atoms with van der Waals surface area (Å²) in [6, 6.07) is 7.71. The van der Waals surface area contributed by atoms with E-state index in [1.165, 1.54) is 45.2 Å². The van der Waals surface area contributed by atoms with Crippen LogP contribution >= 0.6 is 0 Å². The molecule has 0 radical (unpaired) electrons. The molecule has 0 saturated heterocycles. The Balaban J connectivity index is 2.20. The highest BCUT2D eigenvalue weighted by molar-refractivity contribution is 5.39. The molecular formula is C19H31N. The topological polar surface area (TPSA) is 3.24 Å². The summed E-state index contributed by atoms with van der Waals surface area (Å²) in [5.41, 5.74) is 4.86. The fourth-order valence-electron chi connectivity index (χ4n) is 3.70. The Hall–Kier alpha value is -0.820. The van der Waals surface area contributed by atoms with Crippen molar-refractivity contribution in [2.45, 2.75) is 71.8 Å². The van der Waals surface area contributed by atoms with Crippen molar-refractivity contribution >= 4 is 0 Å². The van der Waals surface area contributed by atoms with Gasteiger partial charge in [0.1, 0.15) is 0 Å². The molecule has 1 atom stereocenters. The highest BCUT2D eigenvalue weighted by Gasteiger charge is 2.25. The Bertz CT molecular complexity index is 416. The normalized spacial score (nSPS) is 18.6. The van der Waals surface area contributed by atoms with Crippen molar-refractivity contribution in [1.29, 1.82) is 0 Å². The minimum atomic E-state index is 0.648. The number of rotatable bonds is 6. The van der Waals surface area contributed by atoms with Crippen LogP contribution in [0.5, 0.6) is 0 Å². The number of hydrogen-bond donors (Lipinski definition) is 0. The van der Waals surface area contributed by atoms with E-state index in [-0.39, 0.29) is 0 Å². The molecular weight excluding hydrogens is 242 g/mol. The lowest BCUT2D eigenvalue weighted by Gasteiger charge is -2.36. The summed E-state index contributed by atoms with van der Waals surface area (Å²) in [6.07, 6.45) is 6.42. The second-order valence-corrected chi connectivity index (χ2v) is 6.57. The minimum Gasteiger partial charge on any atom is -0.300 e. The predicted molar refractivity (Wildman–Crippen MR) is 88.5 cm³/mol. The third kappa shape index (κ3) is 3.44. The van der Waals surface area contributed by atoms with Gasteiger partial charge in [-0.25, -0.2) is 0 Å². The Labute approximate surface area is 125 Å². The molecule has 20 heavy (non-hydrogen) atoms. The van der Waals surface area contributed by atoms with Crippen molar-refractivity contribution in [1.82, 2.24) is 4.90 Å². The SMILES string of the molecule is CCCN(CCC)C1CCc2cccc(C(C)C)c2C1. The maximum absolute atomic E-state index is 2.74. The molecule has 2 rings (SSSR count). The van der Waals surface area contributed by atoms with Crippen molar-refractivity contribution in [3.8, 4) is 0 Å². The maximum Gasteiger partial charge on any atom is 0.0139 e. The van der Waals surface area contributed by atoms with Crippen molar-refractivity contribution in [2.24, 2.45) is 0 Å². The summed E-state index contributed by atoms with van der Waals surface area (Å²) in [5, 5.41) is 0. The van der Waals surface area contributed by atoms with Crippen LogP contribution in [0.15, 0.2) is 18.2 Å².